The second kappa shape index (κ2) is 5.30. The van der Waals surface area contributed by atoms with E-state index in [9.17, 15) is 12.8 Å². The molecule has 0 bridgehead atoms. The molecule has 0 amide bonds. The molecule has 0 aromatic heterocycles. The lowest BCUT2D eigenvalue weighted by Crippen LogP contribution is -2.14. The van der Waals surface area contributed by atoms with Gasteiger partial charge in [-0.05, 0) is 48.9 Å². The highest BCUT2D eigenvalue weighted by molar-refractivity contribution is 7.92. The Morgan fingerprint density at radius 1 is 1.20 bits per heavy atom. The number of rotatable bonds is 3. The van der Waals surface area contributed by atoms with Gasteiger partial charge in [-0.25, -0.2) is 12.8 Å². The van der Waals surface area contributed by atoms with Crippen molar-refractivity contribution in [3.63, 3.8) is 0 Å². The molecule has 0 fully saturated rings. The summed E-state index contributed by atoms with van der Waals surface area (Å²) in [6.45, 7) is 1.62. The predicted octanol–water partition coefficient (Wildman–Crippen LogP) is 3.17. The second-order valence-electron chi connectivity index (χ2n) is 4.25. The SMILES string of the molecule is Cc1cc(Cl)c(N)cc1S(=O)(=O)Nc1ccc(F)cc1. The average molecular weight is 315 g/mol. The summed E-state index contributed by atoms with van der Waals surface area (Å²) in [5, 5.41) is 0.295. The standard InChI is InChI=1S/C13H12ClFN2O2S/c1-8-6-11(14)12(16)7-13(8)20(18,19)17-10-4-2-9(15)3-5-10/h2-7,17H,16H2,1H3. The topological polar surface area (TPSA) is 72.2 Å². The van der Waals surface area contributed by atoms with Crippen molar-refractivity contribution < 1.29 is 12.8 Å². The molecule has 0 aliphatic rings. The van der Waals surface area contributed by atoms with Gasteiger partial charge < -0.3 is 5.73 Å². The zero-order valence-electron chi connectivity index (χ0n) is 10.5. The fourth-order valence-corrected chi connectivity index (χ4v) is 3.23. The molecule has 2 rings (SSSR count). The molecule has 0 saturated heterocycles. The Kier molecular flexibility index (Phi) is 3.87. The molecule has 0 unspecified atom stereocenters. The first-order valence-electron chi connectivity index (χ1n) is 5.63. The van der Waals surface area contributed by atoms with Crippen LogP contribution in [0.15, 0.2) is 41.3 Å². The highest BCUT2D eigenvalue weighted by atomic mass is 35.5. The Bertz CT molecular complexity index is 746. The normalized spacial score (nSPS) is 11.3. The maximum Gasteiger partial charge on any atom is 0.262 e. The third-order valence-corrected chi connectivity index (χ3v) is 4.53. The second-order valence-corrected chi connectivity index (χ2v) is 6.31. The molecule has 7 heteroatoms. The predicted molar refractivity (Wildman–Crippen MR) is 77.8 cm³/mol. The Morgan fingerprint density at radius 2 is 1.80 bits per heavy atom. The number of benzene rings is 2. The molecule has 0 spiro atoms. The largest absolute Gasteiger partial charge is 0.397 e. The Balaban J connectivity index is 2.40. The summed E-state index contributed by atoms with van der Waals surface area (Å²) in [4.78, 5) is 0.0312. The van der Waals surface area contributed by atoms with E-state index in [0.29, 0.717) is 10.6 Å². The van der Waals surface area contributed by atoms with E-state index >= 15 is 0 Å². The van der Waals surface area contributed by atoms with E-state index in [0.717, 1.165) is 0 Å². The lowest BCUT2D eigenvalue weighted by Gasteiger charge is -2.12. The number of nitrogens with one attached hydrogen (secondary N) is 1. The fourth-order valence-electron chi connectivity index (χ4n) is 1.69. The summed E-state index contributed by atoms with van der Waals surface area (Å²) in [7, 11) is -3.81. The van der Waals surface area contributed by atoms with Gasteiger partial charge in [-0.1, -0.05) is 11.6 Å². The smallest absolute Gasteiger partial charge is 0.262 e. The molecule has 2 aromatic carbocycles. The number of nitrogen functional groups attached to an aromatic ring is 1. The van der Waals surface area contributed by atoms with Crippen molar-refractivity contribution in [1.82, 2.24) is 0 Å². The molecule has 2 aromatic rings. The summed E-state index contributed by atoms with van der Waals surface area (Å²) < 4.78 is 39.7. The van der Waals surface area contributed by atoms with Crippen LogP contribution >= 0.6 is 11.6 Å². The number of aryl methyl sites for hydroxylation is 1. The number of hydrogen-bond acceptors (Lipinski definition) is 3. The van der Waals surface area contributed by atoms with E-state index in [-0.39, 0.29) is 16.3 Å². The number of nitrogens with two attached hydrogens (primary N) is 1. The molecule has 3 N–H and O–H groups in total. The molecule has 106 valence electrons. The summed E-state index contributed by atoms with van der Waals surface area (Å²) in [5.74, 6) is -0.445. The molecular formula is C13H12ClFN2O2S. The van der Waals surface area contributed by atoms with Crippen LogP contribution in [-0.4, -0.2) is 8.42 Å². The first kappa shape index (κ1) is 14.6. The van der Waals surface area contributed by atoms with Crippen molar-refractivity contribution in [3.8, 4) is 0 Å². The average Bonchev–Trinajstić information content (AvgIpc) is 2.36. The van der Waals surface area contributed by atoms with Gasteiger partial charge in [0.2, 0.25) is 0 Å². The van der Waals surface area contributed by atoms with Crippen LogP contribution in [0.25, 0.3) is 0 Å². The van der Waals surface area contributed by atoms with Crippen molar-refractivity contribution >= 4 is 33.0 Å². The molecule has 0 saturated carbocycles. The zero-order valence-corrected chi connectivity index (χ0v) is 12.1. The van der Waals surface area contributed by atoms with Gasteiger partial charge in [0, 0.05) is 5.69 Å². The van der Waals surface area contributed by atoms with Gasteiger partial charge >= 0.3 is 0 Å². The van der Waals surface area contributed by atoms with Crippen molar-refractivity contribution in [2.24, 2.45) is 0 Å². The van der Waals surface area contributed by atoms with Crippen molar-refractivity contribution in [1.29, 1.82) is 0 Å². The minimum atomic E-state index is -3.81. The Hall–Kier alpha value is -1.79. The number of hydrogen-bond donors (Lipinski definition) is 2. The van der Waals surface area contributed by atoms with Crippen LogP contribution in [0.3, 0.4) is 0 Å². The van der Waals surface area contributed by atoms with Crippen molar-refractivity contribution in [2.75, 3.05) is 10.5 Å². The van der Waals surface area contributed by atoms with Gasteiger partial charge in [-0.15, -0.1) is 0 Å². The first-order valence-corrected chi connectivity index (χ1v) is 7.50. The molecule has 0 radical (unpaired) electrons. The molecular weight excluding hydrogens is 303 g/mol. The Labute approximate surface area is 121 Å². The van der Waals surface area contributed by atoms with Gasteiger partial charge in [0.15, 0.2) is 0 Å². The molecule has 4 nitrogen and oxygen atoms in total. The summed E-state index contributed by atoms with van der Waals surface area (Å²) in [6, 6.07) is 7.78. The summed E-state index contributed by atoms with van der Waals surface area (Å²) in [5.41, 5.74) is 6.54. The Morgan fingerprint density at radius 3 is 2.40 bits per heavy atom. The molecule has 0 aliphatic carbocycles. The number of halogens is 2. The molecule has 0 heterocycles. The van der Waals surface area contributed by atoms with E-state index < -0.39 is 15.8 Å². The van der Waals surface area contributed by atoms with Crippen LogP contribution in [0.4, 0.5) is 15.8 Å². The molecule has 20 heavy (non-hydrogen) atoms. The quantitative estimate of drug-likeness (QED) is 0.855. The van der Waals surface area contributed by atoms with Crippen molar-refractivity contribution in [3.05, 3.63) is 52.8 Å². The monoisotopic (exact) mass is 314 g/mol. The third kappa shape index (κ3) is 3.02. The summed E-state index contributed by atoms with van der Waals surface area (Å²) in [6.07, 6.45) is 0. The van der Waals surface area contributed by atoms with E-state index in [2.05, 4.69) is 4.72 Å². The maximum atomic E-state index is 12.8. The minimum Gasteiger partial charge on any atom is -0.397 e. The van der Waals surface area contributed by atoms with Gasteiger partial charge in [0.1, 0.15) is 5.82 Å². The molecule has 0 aliphatic heterocycles. The number of sulfonamides is 1. The summed E-state index contributed by atoms with van der Waals surface area (Å²) >= 11 is 5.83. The van der Waals surface area contributed by atoms with Crippen LogP contribution in [0, 0.1) is 12.7 Å². The molecule has 0 atom stereocenters. The van der Waals surface area contributed by atoms with Crippen LogP contribution in [0.2, 0.25) is 5.02 Å². The van der Waals surface area contributed by atoms with E-state index in [1.54, 1.807) is 6.92 Å². The zero-order chi connectivity index (χ0) is 14.9. The first-order chi connectivity index (χ1) is 9.29. The van der Waals surface area contributed by atoms with Crippen LogP contribution < -0.4 is 10.5 Å². The minimum absolute atomic E-state index is 0.0312. The highest BCUT2D eigenvalue weighted by Crippen LogP contribution is 2.27. The van der Waals surface area contributed by atoms with Crippen molar-refractivity contribution in [2.45, 2.75) is 11.8 Å². The maximum absolute atomic E-state index is 12.8. The van der Waals surface area contributed by atoms with Gasteiger partial charge in [-0.2, -0.15) is 0 Å². The van der Waals surface area contributed by atoms with E-state index in [1.165, 1.54) is 36.4 Å². The van der Waals surface area contributed by atoms with Crippen LogP contribution in [0.1, 0.15) is 5.56 Å². The third-order valence-electron chi connectivity index (χ3n) is 2.68. The number of anilines is 2. The van der Waals surface area contributed by atoms with Crippen LogP contribution in [0.5, 0.6) is 0 Å². The van der Waals surface area contributed by atoms with Gasteiger partial charge in [0.05, 0.1) is 15.6 Å². The van der Waals surface area contributed by atoms with E-state index in [1.807, 2.05) is 0 Å². The van der Waals surface area contributed by atoms with E-state index in [4.69, 9.17) is 17.3 Å². The fraction of sp³-hybridized carbons (Fsp3) is 0.0769. The van der Waals surface area contributed by atoms with Gasteiger partial charge in [-0.3, -0.25) is 4.72 Å². The lowest BCUT2D eigenvalue weighted by molar-refractivity contribution is 0.600. The lowest BCUT2D eigenvalue weighted by atomic mass is 10.2. The van der Waals surface area contributed by atoms with Gasteiger partial charge in [0.25, 0.3) is 10.0 Å². The highest BCUT2D eigenvalue weighted by Gasteiger charge is 2.18. The van der Waals surface area contributed by atoms with Crippen LogP contribution in [-0.2, 0) is 10.0 Å².